The average molecular weight is 392 g/mol. The molecule has 0 radical (unpaired) electrons. The van der Waals surface area contributed by atoms with Gasteiger partial charge in [0.1, 0.15) is 6.04 Å². The molecule has 156 valence electrons. The van der Waals surface area contributed by atoms with Crippen molar-refractivity contribution in [2.75, 3.05) is 32.6 Å². The number of esters is 1. The van der Waals surface area contributed by atoms with Gasteiger partial charge in [-0.25, -0.2) is 4.79 Å². The number of carbonyl (C=O) groups excluding carboxylic acids is 3. The van der Waals surface area contributed by atoms with E-state index in [1.165, 1.54) is 7.11 Å². The summed E-state index contributed by atoms with van der Waals surface area (Å²) < 4.78 is 4.77. The molecule has 7 nitrogen and oxygen atoms in total. The van der Waals surface area contributed by atoms with E-state index in [0.717, 1.165) is 28.8 Å². The van der Waals surface area contributed by atoms with Crippen molar-refractivity contribution < 1.29 is 19.1 Å². The fraction of sp³-hybridized carbons (Fsp3) is 0.571. The van der Waals surface area contributed by atoms with Crippen molar-refractivity contribution in [3.63, 3.8) is 0 Å². The second-order valence-electron chi connectivity index (χ2n) is 7.45. The first-order valence-electron chi connectivity index (χ1n) is 9.52. The highest BCUT2D eigenvalue weighted by atomic mass is 16.5. The quantitative estimate of drug-likeness (QED) is 0.630. The predicted octanol–water partition coefficient (Wildman–Crippen LogP) is 2.19. The van der Waals surface area contributed by atoms with Gasteiger partial charge in [-0.2, -0.15) is 0 Å². The second kappa shape index (κ2) is 10.8. The number of anilines is 1. The number of nitrogens with zero attached hydrogens (tertiary/aromatic N) is 1. The lowest BCUT2D eigenvalue weighted by atomic mass is 9.99. The number of ether oxygens (including phenoxy) is 1. The molecule has 2 atom stereocenters. The molecule has 2 N–H and O–H groups in total. The van der Waals surface area contributed by atoms with Gasteiger partial charge in [-0.3, -0.25) is 14.5 Å². The van der Waals surface area contributed by atoms with E-state index in [-0.39, 0.29) is 30.8 Å². The summed E-state index contributed by atoms with van der Waals surface area (Å²) in [5, 5.41) is 5.63. The van der Waals surface area contributed by atoms with Crippen molar-refractivity contribution in [2.45, 2.75) is 47.1 Å². The number of hydrogen-bond acceptors (Lipinski definition) is 5. The van der Waals surface area contributed by atoms with Crippen LogP contribution in [-0.4, -0.2) is 56.0 Å². The average Bonchev–Trinajstić information content (AvgIpc) is 2.61. The second-order valence-corrected chi connectivity index (χ2v) is 7.45. The van der Waals surface area contributed by atoms with Crippen LogP contribution in [0.1, 0.15) is 37.0 Å². The minimum absolute atomic E-state index is 0.00319. The Morgan fingerprint density at radius 1 is 1.07 bits per heavy atom. The number of carbonyl (C=O) groups is 3. The third-order valence-electron chi connectivity index (χ3n) is 4.75. The molecule has 0 fully saturated rings. The molecule has 28 heavy (non-hydrogen) atoms. The summed E-state index contributed by atoms with van der Waals surface area (Å²) in [6.07, 6.45) is 0.730. The maximum Gasteiger partial charge on any atom is 0.328 e. The van der Waals surface area contributed by atoms with Crippen LogP contribution >= 0.6 is 0 Å². The van der Waals surface area contributed by atoms with E-state index in [2.05, 4.69) is 10.6 Å². The van der Waals surface area contributed by atoms with E-state index < -0.39 is 12.0 Å². The lowest BCUT2D eigenvalue weighted by Gasteiger charge is -2.23. The van der Waals surface area contributed by atoms with Crippen molar-refractivity contribution in [3.8, 4) is 0 Å². The first-order chi connectivity index (χ1) is 13.1. The van der Waals surface area contributed by atoms with Crippen molar-refractivity contribution >= 4 is 23.5 Å². The largest absolute Gasteiger partial charge is 0.467 e. The number of benzene rings is 1. The molecule has 2 amide bonds. The van der Waals surface area contributed by atoms with Crippen molar-refractivity contribution in [2.24, 2.45) is 5.92 Å². The van der Waals surface area contributed by atoms with Crippen LogP contribution in [-0.2, 0) is 19.1 Å². The molecule has 0 aliphatic carbocycles. The Kier molecular flexibility index (Phi) is 9.12. The summed E-state index contributed by atoms with van der Waals surface area (Å²) in [7, 11) is 2.99. The Morgan fingerprint density at radius 3 is 2.11 bits per heavy atom. The fourth-order valence-electron chi connectivity index (χ4n) is 3.12. The molecule has 0 aliphatic rings. The number of methoxy groups -OCH3 is 1. The summed E-state index contributed by atoms with van der Waals surface area (Å²) in [5.41, 5.74) is 3.95. The lowest BCUT2D eigenvalue weighted by molar-refractivity contribution is -0.146. The SMILES string of the molecule is CC[C@@H](C)[C@@H](NC(=O)CN(C)CC(=O)Nc1c(C)cc(C)cc1C)C(=O)OC. The van der Waals surface area contributed by atoms with Gasteiger partial charge in [0, 0.05) is 5.69 Å². The summed E-state index contributed by atoms with van der Waals surface area (Å²) in [4.78, 5) is 38.2. The van der Waals surface area contributed by atoms with Crippen LogP contribution in [0.2, 0.25) is 0 Å². The minimum Gasteiger partial charge on any atom is -0.467 e. The Morgan fingerprint density at radius 2 is 1.61 bits per heavy atom. The maximum absolute atomic E-state index is 12.4. The highest BCUT2D eigenvalue weighted by Gasteiger charge is 2.27. The van der Waals surface area contributed by atoms with Crippen LogP contribution in [0, 0.1) is 26.7 Å². The van der Waals surface area contributed by atoms with Crippen LogP contribution in [0.25, 0.3) is 0 Å². The smallest absolute Gasteiger partial charge is 0.328 e. The highest BCUT2D eigenvalue weighted by Crippen LogP contribution is 2.21. The van der Waals surface area contributed by atoms with Gasteiger partial charge in [0.05, 0.1) is 20.2 Å². The number of nitrogens with one attached hydrogen (secondary N) is 2. The van der Waals surface area contributed by atoms with Crippen molar-refractivity contribution in [1.29, 1.82) is 0 Å². The highest BCUT2D eigenvalue weighted by molar-refractivity contribution is 5.94. The van der Waals surface area contributed by atoms with Gasteiger partial charge in [-0.1, -0.05) is 38.0 Å². The van der Waals surface area contributed by atoms with Gasteiger partial charge >= 0.3 is 5.97 Å². The molecule has 7 heteroatoms. The Hall–Kier alpha value is -2.41. The number of rotatable bonds is 9. The van der Waals surface area contributed by atoms with Crippen LogP contribution in [0.5, 0.6) is 0 Å². The number of hydrogen-bond donors (Lipinski definition) is 2. The van der Waals surface area contributed by atoms with Crippen LogP contribution in [0.4, 0.5) is 5.69 Å². The molecule has 0 spiro atoms. The van der Waals surface area contributed by atoms with Crippen LogP contribution in [0.15, 0.2) is 12.1 Å². The zero-order valence-electron chi connectivity index (χ0n) is 18.0. The molecule has 1 aromatic carbocycles. The first-order valence-corrected chi connectivity index (χ1v) is 9.52. The third-order valence-corrected chi connectivity index (χ3v) is 4.75. The zero-order chi connectivity index (χ0) is 21.4. The molecule has 0 saturated carbocycles. The van der Waals surface area contributed by atoms with Crippen LogP contribution in [0.3, 0.4) is 0 Å². The van der Waals surface area contributed by atoms with Gasteiger partial charge in [-0.15, -0.1) is 0 Å². The van der Waals surface area contributed by atoms with E-state index in [1.54, 1.807) is 11.9 Å². The van der Waals surface area contributed by atoms with Gasteiger partial charge < -0.3 is 15.4 Å². The normalized spacial score (nSPS) is 13.0. The first kappa shape index (κ1) is 23.6. The van der Waals surface area contributed by atoms with E-state index in [1.807, 2.05) is 46.8 Å². The molecule has 0 aliphatic heterocycles. The zero-order valence-corrected chi connectivity index (χ0v) is 18.0. The summed E-state index contributed by atoms with van der Waals surface area (Å²) in [6.45, 7) is 9.81. The Balaban J connectivity index is 2.63. The molecule has 0 bridgehead atoms. The molecule has 1 aromatic rings. The van der Waals surface area contributed by atoms with Gasteiger partial charge in [0.2, 0.25) is 11.8 Å². The molecule has 0 heterocycles. The lowest BCUT2D eigenvalue weighted by Crippen LogP contribution is -2.49. The topological polar surface area (TPSA) is 87.7 Å². The third kappa shape index (κ3) is 6.96. The minimum atomic E-state index is -0.692. The van der Waals surface area contributed by atoms with Crippen molar-refractivity contribution in [1.82, 2.24) is 10.2 Å². The number of amides is 2. The monoisotopic (exact) mass is 391 g/mol. The van der Waals surface area contributed by atoms with E-state index in [0.29, 0.717) is 0 Å². The number of aryl methyl sites for hydroxylation is 3. The molecule has 0 unspecified atom stereocenters. The van der Waals surface area contributed by atoms with Gasteiger partial charge in [0.25, 0.3) is 0 Å². The van der Waals surface area contributed by atoms with E-state index in [9.17, 15) is 14.4 Å². The Bertz CT molecular complexity index is 695. The van der Waals surface area contributed by atoms with E-state index >= 15 is 0 Å². The van der Waals surface area contributed by atoms with E-state index in [4.69, 9.17) is 4.74 Å². The molecule has 0 saturated heterocycles. The standard InChI is InChI=1S/C21H33N3O4/c1-8-14(3)20(21(27)28-7)23-18(26)12-24(6)11-17(25)22-19-15(4)9-13(2)10-16(19)5/h9-10,14,20H,8,11-12H2,1-7H3,(H,22,25)(H,23,26)/t14-,20-/m1/s1. The summed E-state index contributed by atoms with van der Waals surface area (Å²) in [6, 6.07) is 3.34. The summed E-state index contributed by atoms with van der Waals surface area (Å²) >= 11 is 0. The van der Waals surface area contributed by atoms with Gasteiger partial charge in [0.15, 0.2) is 0 Å². The van der Waals surface area contributed by atoms with Crippen LogP contribution < -0.4 is 10.6 Å². The predicted molar refractivity (Wildman–Crippen MR) is 110 cm³/mol. The molecular formula is C21H33N3O4. The van der Waals surface area contributed by atoms with Gasteiger partial charge in [-0.05, 0) is 44.9 Å². The Labute approximate surface area is 167 Å². The molecular weight excluding hydrogens is 358 g/mol. The summed E-state index contributed by atoms with van der Waals surface area (Å²) in [5.74, 6) is -1.03. The fourth-order valence-corrected chi connectivity index (χ4v) is 3.12. The molecule has 0 aromatic heterocycles. The van der Waals surface area contributed by atoms with Crippen molar-refractivity contribution in [3.05, 3.63) is 28.8 Å². The number of likely N-dealkylation sites (N-methyl/N-ethyl adjacent to an activating group) is 1. The maximum atomic E-state index is 12.4. The molecule has 1 rings (SSSR count).